The first kappa shape index (κ1) is 16.5. The summed E-state index contributed by atoms with van der Waals surface area (Å²) in [5.74, 6) is 1.57. The largest absolute Gasteiger partial charge is 0.370 e. The van der Waals surface area contributed by atoms with E-state index in [1.807, 2.05) is 28.9 Å². The highest BCUT2D eigenvalue weighted by molar-refractivity contribution is 5.78. The van der Waals surface area contributed by atoms with E-state index in [1.165, 1.54) is 0 Å². The van der Waals surface area contributed by atoms with Gasteiger partial charge in [-0.2, -0.15) is 9.61 Å². The number of nitrogens with one attached hydrogen (secondary N) is 1. The third kappa shape index (κ3) is 3.28. The maximum atomic E-state index is 4.93. The van der Waals surface area contributed by atoms with Crippen molar-refractivity contribution >= 4 is 11.5 Å². The van der Waals surface area contributed by atoms with Gasteiger partial charge in [0.25, 0.3) is 0 Å². The fourth-order valence-corrected chi connectivity index (χ4v) is 2.60. The number of anilines is 1. The van der Waals surface area contributed by atoms with Crippen molar-refractivity contribution in [3.8, 4) is 11.1 Å². The topological polar surface area (TPSA) is 42.2 Å². The molecular weight excluding hydrogens is 296 g/mol. The number of hydrogen-bond acceptors (Lipinski definition) is 3. The Morgan fingerprint density at radius 1 is 1.12 bits per heavy atom. The second kappa shape index (κ2) is 6.27. The first-order chi connectivity index (χ1) is 11.4. The molecule has 0 aliphatic rings. The van der Waals surface area contributed by atoms with Crippen LogP contribution in [0.4, 0.5) is 5.82 Å². The molecule has 4 nitrogen and oxygen atoms in total. The van der Waals surface area contributed by atoms with Crippen LogP contribution < -0.4 is 5.32 Å². The predicted octanol–water partition coefficient (Wildman–Crippen LogP) is 4.76. The highest BCUT2D eigenvalue weighted by Crippen LogP contribution is 2.29. The van der Waals surface area contributed by atoms with Gasteiger partial charge in [0, 0.05) is 23.6 Å². The normalized spacial score (nSPS) is 12.1. The van der Waals surface area contributed by atoms with Crippen LogP contribution in [0.5, 0.6) is 0 Å². The third-order valence-electron chi connectivity index (χ3n) is 4.02. The van der Waals surface area contributed by atoms with Gasteiger partial charge in [-0.25, -0.2) is 4.98 Å². The maximum Gasteiger partial charge on any atom is 0.165 e. The zero-order valence-corrected chi connectivity index (χ0v) is 15.2. The average Bonchev–Trinajstić information content (AvgIpc) is 2.96. The van der Waals surface area contributed by atoms with Gasteiger partial charge in [0.2, 0.25) is 0 Å². The van der Waals surface area contributed by atoms with Crippen LogP contribution in [0.15, 0.2) is 42.6 Å². The lowest BCUT2D eigenvalue weighted by Crippen LogP contribution is -2.18. The summed E-state index contributed by atoms with van der Waals surface area (Å²) in [7, 11) is 0. The molecule has 0 aliphatic carbocycles. The summed E-state index contributed by atoms with van der Waals surface area (Å²) < 4.78 is 1.92. The summed E-state index contributed by atoms with van der Waals surface area (Å²) in [6.07, 6.45) is 1.91. The van der Waals surface area contributed by atoms with Gasteiger partial charge in [-0.15, -0.1) is 0 Å². The molecule has 4 heteroatoms. The van der Waals surface area contributed by atoms with Crippen molar-refractivity contribution in [3.05, 3.63) is 48.3 Å². The zero-order chi connectivity index (χ0) is 17.3. The van der Waals surface area contributed by atoms with Gasteiger partial charge in [-0.3, -0.25) is 0 Å². The van der Waals surface area contributed by atoms with Crippen LogP contribution in [0.25, 0.3) is 16.8 Å². The Labute approximate surface area is 143 Å². The minimum atomic E-state index is -0.0196. The lowest BCUT2D eigenvalue weighted by molar-refractivity contribution is 0.568. The Bertz CT molecular complexity index is 826. The van der Waals surface area contributed by atoms with Crippen LogP contribution in [0.1, 0.15) is 40.3 Å². The van der Waals surface area contributed by atoms with Crippen LogP contribution in [-0.2, 0) is 5.41 Å². The molecule has 0 radical (unpaired) electrons. The lowest BCUT2D eigenvalue weighted by Gasteiger charge is -2.20. The van der Waals surface area contributed by atoms with E-state index in [4.69, 9.17) is 4.98 Å². The summed E-state index contributed by atoms with van der Waals surface area (Å²) in [6, 6.07) is 12.4. The van der Waals surface area contributed by atoms with Crippen molar-refractivity contribution in [2.75, 3.05) is 11.9 Å². The Morgan fingerprint density at radius 3 is 2.46 bits per heavy atom. The van der Waals surface area contributed by atoms with Gasteiger partial charge in [0.05, 0.1) is 11.9 Å². The predicted molar refractivity (Wildman–Crippen MR) is 100 cm³/mol. The van der Waals surface area contributed by atoms with Gasteiger partial charge in [0.15, 0.2) is 5.65 Å². The first-order valence-electron chi connectivity index (χ1n) is 8.55. The Morgan fingerprint density at radius 2 is 1.83 bits per heavy atom. The van der Waals surface area contributed by atoms with Crippen molar-refractivity contribution in [1.82, 2.24) is 14.6 Å². The maximum absolute atomic E-state index is 4.93. The van der Waals surface area contributed by atoms with Crippen molar-refractivity contribution in [2.45, 2.75) is 40.0 Å². The Hall–Kier alpha value is -2.36. The van der Waals surface area contributed by atoms with Gasteiger partial charge in [-0.1, -0.05) is 65.0 Å². The molecular formula is C20H26N4. The van der Waals surface area contributed by atoms with E-state index >= 15 is 0 Å². The quantitative estimate of drug-likeness (QED) is 0.753. The molecule has 3 rings (SSSR count). The van der Waals surface area contributed by atoms with E-state index in [1.54, 1.807) is 0 Å². The molecule has 0 saturated heterocycles. The van der Waals surface area contributed by atoms with E-state index in [0.717, 1.165) is 34.8 Å². The fourth-order valence-electron chi connectivity index (χ4n) is 2.60. The van der Waals surface area contributed by atoms with Crippen LogP contribution in [0, 0.1) is 5.92 Å². The van der Waals surface area contributed by atoms with E-state index in [0.29, 0.717) is 5.92 Å². The number of aromatic nitrogens is 3. The summed E-state index contributed by atoms with van der Waals surface area (Å²) in [4.78, 5) is 4.93. The number of benzene rings is 1. The molecule has 2 aromatic heterocycles. The number of fused-ring (bicyclic) bond motifs is 1. The molecule has 0 fully saturated rings. The van der Waals surface area contributed by atoms with Crippen LogP contribution >= 0.6 is 0 Å². The smallest absolute Gasteiger partial charge is 0.165 e. The Balaban J connectivity index is 2.18. The summed E-state index contributed by atoms with van der Waals surface area (Å²) >= 11 is 0. The number of rotatable bonds is 4. The molecule has 2 heterocycles. The van der Waals surface area contributed by atoms with Crippen LogP contribution in [0.2, 0.25) is 0 Å². The molecule has 0 amide bonds. The molecule has 126 valence electrons. The highest BCUT2D eigenvalue weighted by atomic mass is 15.3. The summed E-state index contributed by atoms with van der Waals surface area (Å²) in [6.45, 7) is 11.9. The molecule has 24 heavy (non-hydrogen) atoms. The minimum Gasteiger partial charge on any atom is -0.370 e. The van der Waals surface area contributed by atoms with Gasteiger partial charge in [0.1, 0.15) is 5.82 Å². The second-order valence-corrected chi connectivity index (χ2v) is 7.71. The van der Waals surface area contributed by atoms with Gasteiger partial charge < -0.3 is 5.32 Å². The zero-order valence-electron chi connectivity index (χ0n) is 15.2. The number of nitrogens with zero attached hydrogens (tertiary/aromatic N) is 3. The van der Waals surface area contributed by atoms with Crippen molar-refractivity contribution < 1.29 is 0 Å². The molecule has 0 spiro atoms. The first-order valence-corrected chi connectivity index (χ1v) is 8.55. The standard InChI is InChI=1S/C20H26N4/c1-14(2)12-21-18-11-17(20(3,4)5)23-19-16(13-22-24(18)19)15-9-7-6-8-10-15/h6-11,13-14,21H,12H2,1-5H3. The van der Waals surface area contributed by atoms with Crippen LogP contribution in [-0.4, -0.2) is 21.1 Å². The van der Waals surface area contributed by atoms with E-state index in [2.05, 4.69) is 63.2 Å². The summed E-state index contributed by atoms with van der Waals surface area (Å²) in [5, 5.41) is 8.11. The average molecular weight is 322 g/mol. The van der Waals surface area contributed by atoms with Gasteiger partial charge in [-0.05, 0) is 11.5 Å². The minimum absolute atomic E-state index is 0.0196. The monoisotopic (exact) mass is 322 g/mol. The van der Waals surface area contributed by atoms with E-state index < -0.39 is 0 Å². The fraction of sp³-hybridized carbons (Fsp3) is 0.400. The SMILES string of the molecule is CC(C)CNc1cc(C(C)(C)C)nc2c(-c3ccccc3)cnn12. The van der Waals surface area contributed by atoms with E-state index in [9.17, 15) is 0 Å². The molecule has 1 aromatic carbocycles. The molecule has 0 bridgehead atoms. The third-order valence-corrected chi connectivity index (χ3v) is 4.02. The van der Waals surface area contributed by atoms with Crippen molar-refractivity contribution in [1.29, 1.82) is 0 Å². The van der Waals surface area contributed by atoms with Crippen molar-refractivity contribution in [2.24, 2.45) is 5.92 Å². The lowest BCUT2D eigenvalue weighted by atomic mass is 9.92. The van der Waals surface area contributed by atoms with Crippen molar-refractivity contribution in [3.63, 3.8) is 0 Å². The summed E-state index contributed by atoms with van der Waals surface area (Å²) in [5.41, 5.74) is 4.16. The molecule has 0 saturated carbocycles. The molecule has 1 N–H and O–H groups in total. The van der Waals surface area contributed by atoms with E-state index in [-0.39, 0.29) is 5.41 Å². The van der Waals surface area contributed by atoms with Gasteiger partial charge >= 0.3 is 0 Å². The molecule has 0 atom stereocenters. The second-order valence-electron chi connectivity index (χ2n) is 7.71. The number of hydrogen-bond donors (Lipinski definition) is 1. The molecule has 0 aliphatic heterocycles. The molecule has 3 aromatic rings. The Kier molecular flexibility index (Phi) is 4.31. The molecule has 0 unspecified atom stereocenters. The van der Waals surface area contributed by atoms with Crippen LogP contribution in [0.3, 0.4) is 0 Å². The highest BCUT2D eigenvalue weighted by Gasteiger charge is 2.20.